The number of thiophene rings is 1. The molecule has 4 aromatic rings. The third-order valence-corrected chi connectivity index (χ3v) is 7.15. The second kappa shape index (κ2) is 10.2. The van der Waals surface area contributed by atoms with E-state index < -0.39 is 0 Å². The molecule has 9 heteroatoms. The van der Waals surface area contributed by atoms with Crippen LogP contribution < -0.4 is 14.4 Å². The summed E-state index contributed by atoms with van der Waals surface area (Å²) in [6, 6.07) is 20.6. The van der Waals surface area contributed by atoms with Crippen molar-refractivity contribution in [2.45, 2.75) is 12.6 Å². The van der Waals surface area contributed by atoms with Crippen LogP contribution in [-0.2, 0) is 6.54 Å². The van der Waals surface area contributed by atoms with Gasteiger partial charge in [-0.1, -0.05) is 18.2 Å². The highest BCUT2D eigenvalue weighted by Crippen LogP contribution is 2.32. The summed E-state index contributed by atoms with van der Waals surface area (Å²) in [4.78, 5) is 6.16. The molecule has 0 spiro atoms. The third kappa shape index (κ3) is 4.76. The molecule has 0 bridgehead atoms. The lowest BCUT2D eigenvalue weighted by Crippen LogP contribution is -2.48. The number of aromatic nitrogens is 4. The lowest BCUT2D eigenvalue weighted by molar-refractivity contribution is 0.204. The molecule has 1 aliphatic heterocycles. The molecule has 2 aromatic heterocycles. The number of rotatable bonds is 8. The minimum absolute atomic E-state index is 0.0197. The molecule has 1 aliphatic rings. The van der Waals surface area contributed by atoms with Crippen LogP contribution in [-0.4, -0.2) is 65.5 Å². The molecule has 5 rings (SSSR count). The Morgan fingerprint density at radius 1 is 0.882 bits per heavy atom. The summed E-state index contributed by atoms with van der Waals surface area (Å²) in [6.45, 7) is 4.33. The monoisotopic (exact) mass is 476 g/mol. The van der Waals surface area contributed by atoms with Crippen molar-refractivity contribution in [2.24, 2.45) is 0 Å². The van der Waals surface area contributed by atoms with Crippen LogP contribution in [0.2, 0.25) is 0 Å². The Morgan fingerprint density at radius 3 is 2.18 bits per heavy atom. The van der Waals surface area contributed by atoms with Gasteiger partial charge >= 0.3 is 0 Å². The molecule has 0 saturated carbocycles. The van der Waals surface area contributed by atoms with E-state index >= 15 is 0 Å². The van der Waals surface area contributed by atoms with Crippen molar-refractivity contribution in [3.05, 3.63) is 82.3 Å². The molecule has 1 unspecified atom stereocenters. The van der Waals surface area contributed by atoms with Gasteiger partial charge in [-0.05, 0) is 63.8 Å². The van der Waals surface area contributed by atoms with E-state index in [4.69, 9.17) is 9.47 Å². The van der Waals surface area contributed by atoms with E-state index in [0.29, 0.717) is 6.54 Å². The van der Waals surface area contributed by atoms with Crippen LogP contribution in [0.3, 0.4) is 0 Å². The highest BCUT2D eigenvalue weighted by atomic mass is 32.1. The molecule has 0 aliphatic carbocycles. The molecule has 1 fully saturated rings. The molecule has 0 radical (unpaired) electrons. The zero-order valence-corrected chi connectivity index (χ0v) is 20.2. The van der Waals surface area contributed by atoms with Crippen molar-refractivity contribution in [1.82, 2.24) is 25.1 Å². The number of benzene rings is 2. The van der Waals surface area contributed by atoms with E-state index in [1.54, 1.807) is 25.6 Å². The summed E-state index contributed by atoms with van der Waals surface area (Å²) in [6.07, 6.45) is 0. The second-order valence-corrected chi connectivity index (χ2v) is 9.16. The van der Waals surface area contributed by atoms with Gasteiger partial charge in [0, 0.05) is 36.7 Å². The van der Waals surface area contributed by atoms with E-state index in [-0.39, 0.29) is 6.04 Å². The maximum absolute atomic E-state index is 5.30. The first-order chi connectivity index (χ1) is 16.7. The highest BCUT2D eigenvalue weighted by molar-refractivity contribution is 7.10. The Balaban J connectivity index is 1.35. The first-order valence-electron chi connectivity index (χ1n) is 11.3. The van der Waals surface area contributed by atoms with Gasteiger partial charge < -0.3 is 14.4 Å². The minimum Gasteiger partial charge on any atom is -0.497 e. The molecule has 3 heterocycles. The van der Waals surface area contributed by atoms with Gasteiger partial charge in [0.05, 0.1) is 20.8 Å². The van der Waals surface area contributed by atoms with Gasteiger partial charge in [0.1, 0.15) is 17.5 Å². The quantitative estimate of drug-likeness (QED) is 0.384. The van der Waals surface area contributed by atoms with Crippen LogP contribution in [0.5, 0.6) is 11.5 Å². The maximum Gasteiger partial charge on any atom is 0.174 e. The van der Waals surface area contributed by atoms with Gasteiger partial charge in [0.15, 0.2) is 5.82 Å². The van der Waals surface area contributed by atoms with Crippen molar-refractivity contribution >= 4 is 17.0 Å². The zero-order chi connectivity index (χ0) is 23.3. The lowest BCUT2D eigenvalue weighted by atomic mass is 10.1. The van der Waals surface area contributed by atoms with Gasteiger partial charge in [0.2, 0.25) is 0 Å². The first kappa shape index (κ1) is 22.4. The van der Waals surface area contributed by atoms with Crippen LogP contribution >= 0.6 is 11.3 Å². The number of tetrazole rings is 1. The average Bonchev–Trinajstić information content (AvgIpc) is 3.59. The van der Waals surface area contributed by atoms with Gasteiger partial charge in [0.25, 0.3) is 0 Å². The molecule has 0 amide bonds. The van der Waals surface area contributed by atoms with Gasteiger partial charge in [-0.3, -0.25) is 4.90 Å². The number of hydrogen-bond donors (Lipinski definition) is 0. The van der Waals surface area contributed by atoms with E-state index in [0.717, 1.165) is 49.1 Å². The fourth-order valence-corrected chi connectivity index (χ4v) is 5.23. The van der Waals surface area contributed by atoms with Gasteiger partial charge in [-0.15, -0.1) is 16.4 Å². The molecule has 1 atom stereocenters. The van der Waals surface area contributed by atoms with Crippen LogP contribution in [0.15, 0.2) is 66.0 Å². The Labute approximate surface area is 203 Å². The van der Waals surface area contributed by atoms with Crippen LogP contribution in [0.1, 0.15) is 22.3 Å². The van der Waals surface area contributed by atoms with Crippen molar-refractivity contribution in [1.29, 1.82) is 0 Å². The van der Waals surface area contributed by atoms with Crippen LogP contribution in [0.4, 0.5) is 5.69 Å². The Hall–Kier alpha value is -3.43. The smallest absolute Gasteiger partial charge is 0.174 e. The summed E-state index contributed by atoms with van der Waals surface area (Å²) in [5.74, 6) is 2.59. The Bertz CT molecular complexity index is 1170. The Morgan fingerprint density at radius 2 is 1.56 bits per heavy atom. The SMILES string of the molecule is COc1ccc(Cn2nnnc2C(c2cccs2)N2CCN(c3ccc(OC)cc3)CC2)cc1. The minimum atomic E-state index is 0.0197. The number of hydrogen-bond acceptors (Lipinski definition) is 8. The molecular weight excluding hydrogens is 448 g/mol. The largest absolute Gasteiger partial charge is 0.497 e. The molecular formula is C25H28N6O2S. The van der Waals surface area contributed by atoms with E-state index in [2.05, 4.69) is 67.1 Å². The molecule has 176 valence electrons. The second-order valence-electron chi connectivity index (χ2n) is 8.18. The number of nitrogens with zero attached hydrogens (tertiary/aromatic N) is 6. The topological polar surface area (TPSA) is 68.5 Å². The summed E-state index contributed by atoms with van der Waals surface area (Å²) >= 11 is 1.75. The van der Waals surface area contributed by atoms with E-state index in [1.165, 1.54) is 10.6 Å². The predicted molar refractivity (Wildman–Crippen MR) is 133 cm³/mol. The average molecular weight is 477 g/mol. The Kier molecular flexibility index (Phi) is 6.73. The maximum atomic E-state index is 5.30. The molecule has 8 nitrogen and oxygen atoms in total. The normalized spacial score (nSPS) is 15.3. The van der Waals surface area contributed by atoms with Gasteiger partial charge in [-0.2, -0.15) is 0 Å². The summed E-state index contributed by atoms with van der Waals surface area (Å²) in [5, 5.41) is 15.0. The lowest BCUT2D eigenvalue weighted by Gasteiger charge is -2.39. The fraction of sp³-hybridized carbons (Fsp3) is 0.320. The number of ether oxygens (including phenoxy) is 2. The first-order valence-corrected chi connectivity index (χ1v) is 12.2. The van der Waals surface area contributed by atoms with Crippen molar-refractivity contribution in [2.75, 3.05) is 45.3 Å². The molecule has 2 aromatic carbocycles. The predicted octanol–water partition coefficient (Wildman–Crippen LogP) is 3.71. The van der Waals surface area contributed by atoms with Crippen molar-refractivity contribution in [3.8, 4) is 11.5 Å². The molecule has 0 N–H and O–H groups in total. The zero-order valence-electron chi connectivity index (χ0n) is 19.4. The van der Waals surface area contributed by atoms with E-state index in [9.17, 15) is 0 Å². The van der Waals surface area contributed by atoms with Crippen LogP contribution in [0.25, 0.3) is 0 Å². The standard InChI is InChI=1S/C25H28N6O2S/c1-32-21-9-5-19(6-10-21)18-31-25(26-27-28-31)24(23-4-3-17-34-23)30-15-13-29(14-16-30)20-7-11-22(33-2)12-8-20/h3-12,17,24H,13-16,18H2,1-2H3. The summed E-state index contributed by atoms with van der Waals surface area (Å²) < 4.78 is 12.5. The summed E-state index contributed by atoms with van der Waals surface area (Å²) in [5.41, 5.74) is 2.35. The van der Waals surface area contributed by atoms with Crippen molar-refractivity contribution < 1.29 is 9.47 Å². The van der Waals surface area contributed by atoms with Crippen LogP contribution in [0, 0.1) is 0 Å². The van der Waals surface area contributed by atoms with E-state index in [1.807, 2.05) is 28.9 Å². The molecule has 1 saturated heterocycles. The third-order valence-electron chi connectivity index (χ3n) is 6.23. The summed E-state index contributed by atoms with van der Waals surface area (Å²) in [7, 11) is 3.37. The number of methoxy groups -OCH3 is 2. The number of anilines is 1. The van der Waals surface area contributed by atoms with Crippen molar-refractivity contribution in [3.63, 3.8) is 0 Å². The number of piperazine rings is 1. The molecule has 34 heavy (non-hydrogen) atoms. The van der Waals surface area contributed by atoms with Gasteiger partial charge in [-0.25, -0.2) is 4.68 Å². The fourth-order valence-electron chi connectivity index (χ4n) is 4.37. The highest BCUT2D eigenvalue weighted by Gasteiger charge is 2.31.